The number of thiazole rings is 1. The fourth-order valence-electron chi connectivity index (χ4n) is 3.06. The molecule has 1 aliphatic rings. The van der Waals surface area contributed by atoms with Crippen LogP contribution >= 0.6 is 11.3 Å². The molecule has 0 amide bonds. The van der Waals surface area contributed by atoms with Crippen LogP contribution < -0.4 is 5.32 Å². The van der Waals surface area contributed by atoms with Crippen molar-refractivity contribution < 1.29 is 4.92 Å². The van der Waals surface area contributed by atoms with Gasteiger partial charge in [0.05, 0.1) is 20.1 Å². The lowest BCUT2D eigenvalue weighted by Gasteiger charge is -2.09. The minimum atomic E-state index is -0.320. The highest BCUT2D eigenvalue weighted by Crippen LogP contribution is 2.64. The van der Waals surface area contributed by atoms with Crippen molar-refractivity contribution in [2.45, 2.75) is 40.7 Å². The first kappa shape index (κ1) is 14.3. The van der Waals surface area contributed by atoms with Gasteiger partial charge in [-0.2, -0.15) is 0 Å². The Morgan fingerprint density at radius 1 is 1.29 bits per heavy atom. The lowest BCUT2D eigenvalue weighted by atomic mass is 10.0. The number of aromatic nitrogens is 1. The standard InChI is InChI=1S/C15H19N3O2S/c1-8-16-10-6-9(11(18(19)20)7-12(10)21-8)17-13-14(2,3)15(13,4)5/h6-7,13,17H,1-5H3. The van der Waals surface area contributed by atoms with Crippen LogP contribution in [-0.2, 0) is 0 Å². The lowest BCUT2D eigenvalue weighted by Crippen LogP contribution is -2.11. The Morgan fingerprint density at radius 2 is 1.90 bits per heavy atom. The van der Waals surface area contributed by atoms with Crippen LogP contribution in [0.25, 0.3) is 10.2 Å². The molecule has 1 heterocycles. The van der Waals surface area contributed by atoms with Crippen LogP contribution in [0.2, 0.25) is 0 Å². The topological polar surface area (TPSA) is 68.1 Å². The second-order valence-electron chi connectivity index (χ2n) is 6.85. The van der Waals surface area contributed by atoms with Crippen LogP contribution in [0.15, 0.2) is 12.1 Å². The number of fused-ring (bicyclic) bond motifs is 1. The van der Waals surface area contributed by atoms with E-state index < -0.39 is 0 Å². The van der Waals surface area contributed by atoms with E-state index in [1.165, 1.54) is 11.3 Å². The van der Waals surface area contributed by atoms with Crippen molar-refractivity contribution >= 4 is 32.9 Å². The maximum atomic E-state index is 11.3. The Balaban J connectivity index is 2.05. The molecule has 6 heteroatoms. The molecule has 2 aromatic rings. The number of nitrogens with one attached hydrogen (secondary N) is 1. The normalized spacial score (nSPS) is 19.7. The van der Waals surface area contributed by atoms with Gasteiger partial charge in [-0.25, -0.2) is 4.98 Å². The van der Waals surface area contributed by atoms with Crippen LogP contribution in [-0.4, -0.2) is 15.9 Å². The molecule has 0 aliphatic heterocycles. The van der Waals surface area contributed by atoms with Crippen LogP contribution in [0.4, 0.5) is 11.4 Å². The summed E-state index contributed by atoms with van der Waals surface area (Å²) in [6.07, 6.45) is 0. The molecule has 0 saturated heterocycles. The Hall–Kier alpha value is -1.69. The van der Waals surface area contributed by atoms with Crippen molar-refractivity contribution in [1.82, 2.24) is 4.98 Å². The van der Waals surface area contributed by atoms with Gasteiger partial charge in [0.25, 0.3) is 5.69 Å². The van der Waals surface area contributed by atoms with E-state index in [1.807, 2.05) is 6.92 Å². The number of benzene rings is 1. The van der Waals surface area contributed by atoms with Gasteiger partial charge in [0.1, 0.15) is 5.69 Å². The molecule has 1 aliphatic carbocycles. The van der Waals surface area contributed by atoms with E-state index in [9.17, 15) is 10.1 Å². The van der Waals surface area contributed by atoms with Gasteiger partial charge in [0, 0.05) is 12.1 Å². The van der Waals surface area contributed by atoms with Crippen LogP contribution in [0, 0.1) is 27.9 Å². The lowest BCUT2D eigenvalue weighted by molar-refractivity contribution is -0.383. The van der Waals surface area contributed by atoms with E-state index in [-0.39, 0.29) is 27.5 Å². The van der Waals surface area contributed by atoms with E-state index in [1.54, 1.807) is 12.1 Å². The van der Waals surface area contributed by atoms with E-state index in [2.05, 4.69) is 38.0 Å². The molecule has 0 unspecified atom stereocenters. The summed E-state index contributed by atoms with van der Waals surface area (Å²) in [4.78, 5) is 15.5. The van der Waals surface area contributed by atoms with Gasteiger partial charge >= 0.3 is 0 Å². The molecule has 112 valence electrons. The van der Waals surface area contributed by atoms with Gasteiger partial charge in [0.2, 0.25) is 0 Å². The van der Waals surface area contributed by atoms with Gasteiger partial charge in [0.15, 0.2) is 0 Å². The predicted molar refractivity (Wildman–Crippen MR) is 86.0 cm³/mol. The zero-order chi connectivity index (χ0) is 15.6. The molecule has 0 atom stereocenters. The third-order valence-corrected chi connectivity index (χ3v) is 6.06. The first-order valence-electron chi connectivity index (χ1n) is 6.96. The van der Waals surface area contributed by atoms with Crippen molar-refractivity contribution in [3.8, 4) is 0 Å². The largest absolute Gasteiger partial charge is 0.376 e. The first-order valence-corrected chi connectivity index (χ1v) is 7.78. The number of hydrogen-bond donors (Lipinski definition) is 1. The number of anilines is 1. The molecule has 0 radical (unpaired) electrons. The summed E-state index contributed by atoms with van der Waals surface area (Å²) in [6, 6.07) is 3.66. The number of nitro benzene ring substituents is 1. The first-order chi connectivity index (χ1) is 9.64. The van der Waals surface area contributed by atoms with Gasteiger partial charge in [-0.05, 0) is 23.8 Å². The summed E-state index contributed by atoms with van der Waals surface area (Å²) in [5, 5.41) is 15.6. The zero-order valence-electron chi connectivity index (χ0n) is 12.9. The maximum absolute atomic E-state index is 11.3. The molecular weight excluding hydrogens is 286 g/mol. The summed E-state index contributed by atoms with van der Waals surface area (Å²) >= 11 is 1.48. The number of nitro groups is 1. The van der Waals surface area contributed by atoms with Crippen molar-refractivity contribution in [3.05, 3.63) is 27.3 Å². The summed E-state index contributed by atoms with van der Waals surface area (Å²) in [7, 11) is 0. The van der Waals surface area contributed by atoms with Gasteiger partial charge in [-0.3, -0.25) is 10.1 Å². The minimum absolute atomic E-state index is 0.119. The van der Waals surface area contributed by atoms with Gasteiger partial charge in [-0.1, -0.05) is 27.7 Å². The summed E-state index contributed by atoms with van der Waals surface area (Å²) in [6.45, 7) is 10.6. The van der Waals surface area contributed by atoms with Crippen molar-refractivity contribution in [2.75, 3.05) is 5.32 Å². The third-order valence-electron chi connectivity index (χ3n) is 5.13. The molecule has 0 spiro atoms. The fourth-order valence-corrected chi connectivity index (χ4v) is 3.90. The highest BCUT2D eigenvalue weighted by Gasteiger charge is 2.65. The number of aryl methyl sites for hydroxylation is 1. The van der Waals surface area contributed by atoms with Crippen LogP contribution in [0.3, 0.4) is 0 Å². The molecule has 0 bridgehead atoms. The summed E-state index contributed by atoms with van der Waals surface area (Å²) in [5.41, 5.74) is 1.76. The zero-order valence-corrected chi connectivity index (χ0v) is 13.7. The van der Waals surface area contributed by atoms with Gasteiger partial charge in [-0.15, -0.1) is 11.3 Å². The fraction of sp³-hybridized carbons (Fsp3) is 0.533. The summed E-state index contributed by atoms with van der Waals surface area (Å²) in [5.74, 6) is 0. The molecule has 21 heavy (non-hydrogen) atoms. The van der Waals surface area contributed by atoms with Crippen LogP contribution in [0.1, 0.15) is 32.7 Å². The highest BCUT2D eigenvalue weighted by atomic mass is 32.1. The molecule has 5 nitrogen and oxygen atoms in total. The summed E-state index contributed by atoms with van der Waals surface area (Å²) < 4.78 is 0.860. The molecule has 1 N–H and O–H groups in total. The van der Waals surface area contributed by atoms with E-state index >= 15 is 0 Å². The number of rotatable bonds is 3. The van der Waals surface area contributed by atoms with Crippen molar-refractivity contribution in [1.29, 1.82) is 0 Å². The van der Waals surface area contributed by atoms with Crippen molar-refractivity contribution in [3.63, 3.8) is 0 Å². The quantitative estimate of drug-likeness (QED) is 0.675. The van der Waals surface area contributed by atoms with Crippen LogP contribution in [0.5, 0.6) is 0 Å². The Labute approximate surface area is 127 Å². The van der Waals surface area contributed by atoms with E-state index in [0.29, 0.717) is 5.69 Å². The Bertz CT molecular complexity index is 735. The average molecular weight is 305 g/mol. The maximum Gasteiger partial charge on any atom is 0.293 e. The van der Waals surface area contributed by atoms with E-state index in [4.69, 9.17) is 0 Å². The average Bonchev–Trinajstić information content (AvgIpc) is 2.67. The molecule has 1 aromatic heterocycles. The molecule has 3 rings (SSSR count). The SMILES string of the molecule is Cc1nc2cc(NC3C(C)(C)C3(C)C)c([N+](=O)[O-])cc2s1. The second-order valence-corrected chi connectivity index (χ2v) is 8.08. The Kier molecular flexibility index (Phi) is 2.82. The monoisotopic (exact) mass is 305 g/mol. The molecule has 1 saturated carbocycles. The highest BCUT2D eigenvalue weighted by molar-refractivity contribution is 7.18. The van der Waals surface area contributed by atoms with Crippen molar-refractivity contribution in [2.24, 2.45) is 10.8 Å². The molecule has 1 aromatic carbocycles. The molecular formula is C15H19N3O2S. The predicted octanol–water partition coefficient (Wildman–Crippen LogP) is 4.36. The smallest absolute Gasteiger partial charge is 0.293 e. The number of hydrogen-bond acceptors (Lipinski definition) is 5. The van der Waals surface area contributed by atoms with E-state index in [0.717, 1.165) is 15.2 Å². The minimum Gasteiger partial charge on any atom is -0.376 e. The van der Waals surface area contributed by atoms with Gasteiger partial charge < -0.3 is 5.32 Å². The molecule has 1 fully saturated rings. The Morgan fingerprint density at radius 3 is 2.43 bits per heavy atom. The number of nitrogens with zero attached hydrogens (tertiary/aromatic N) is 2. The second kappa shape index (κ2) is 4.16. The third kappa shape index (κ3) is 2.00.